The minimum atomic E-state index is -4.33. The average molecular weight is 260 g/mol. The molecule has 0 aliphatic heterocycles. The molecule has 0 atom stereocenters. The molecule has 0 fully saturated rings. The van der Waals surface area contributed by atoms with Gasteiger partial charge in [-0.15, -0.1) is 0 Å². The molecule has 0 aliphatic rings. The van der Waals surface area contributed by atoms with Crippen molar-refractivity contribution in [2.45, 2.75) is 33.9 Å². The molecule has 0 aromatic carbocycles. The summed E-state index contributed by atoms with van der Waals surface area (Å²) >= 11 is 0. The number of alkyl halides is 3. The van der Waals surface area contributed by atoms with Crippen LogP contribution >= 0.6 is 0 Å². The molecule has 102 valence electrons. The first-order valence-electron chi connectivity index (χ1n) is 5.90. The second kappa shape index (κ2) is 5.16. The Morgan fingerprint density at radius 2 is 1.83 bits per heavy atom. The number of hydrogen-bond acceptors (Lipinski definition) is 2. The highest BCUT2D eigenvalue weighted by Crippen LogP contribution is 2.29. The molecule has 1 heterocycles. The monoisotopic (exact) mass is 260 g/mol. The minimum Gasteiger partial charge on any atom is -0.370 e. The topological polar surface area (TPSA) is 24.9 Å². The molecule has 0 unspecified atom stereocenters. The Morgan fingerprint density at radius 3 is 2.22 bits per heavy atom. The van der Waals surface area contributed by atoms with Crippen LogP contribution in [0.25, 0.3) is 0 Å². The highest BCUT2D eigenvalue weighted by molar-refractivity contribution is 5.36. The Kier molecular flexibility index (Phi) is 4.24. The third-order valence-electron chi connectivity index (χ3n) is 3.38. The second-order valence-corrected chi connectivity index (χ2v) is 5.43. The van der Waals surface area contributed by atoms with E-state index in [1.807, 2.05) is 0 Å². The predicted octanol–water partition coefficient (Wildman–Crippen LogP) is 4.19. The third kappa shape index (κ3) is 3.89. The van der Waals surface area contributed by atoms with Gasteiger partial charge in [-0.1, -0.05) is 27.7 Å². The number of aromatic nitrogens is 1. The first-order valence-corrected chi connectivity index (χ1v) is 5.90. The fraction of sp³-hybridized carbons (Fsp3) is 0.615. The maximum atomic E-state index is 12.3. The maximum Gasteiger partial charge on any atom is 0.417 e. The number of anilines is 1. The van der Waals surface area contributed by atoms with Crippen LogP contribution in [-0.4, -0.2) is 11.5 Å². The molecular formula is C13H19F3N2. The standard InChI is InChI=1S/C13H19F3N2/c1-9(2)12(3,4)8-18-11-6-5-10(7-17-11)13(14,15)16/h5-7,9H,8H2,1-4H3,(H,17,18). The number of nitrogens with one attached hydrogen (secondary N) is 1. The van der Waals surface area contributed by atoms with Gasteiger partial charge >= 0.3 is 6.18 Å². The van der Waals surface area contributed by atoms with E-state index in [4.69, 9.17) is 0 Å². The molecule has 1 rings (SSSR count). The molecule has 0 aliphatic carbocycles. The summed E-state index contributed by atoms with van der Waals surface area (Å²) in [5.41, 5.74) is -0.666. The average Bonchev–Trinajstić information content (AvgIpc) is 2.25. The van der Waals surface area contributed by atoms with Crippen molar-refractivity contribution in [3.05, 3.63) is 23.9 Å². The van der Waals surface area contributed by atoms with Crippen LogP contribution in [0.4, 0.5) is 19.0 Å². The fourth-order valence-corrected chi connectivity index (χ4v) is 1.19. The van der Waals surface area contributed by atoms with E-state index in [9.17, 15) is 13.2 Å². The maximum absolute atomic E-state index is 12.3. The molecule has 0 saturated heterocycles. The summed E-state index contributed by atoms with van der Waals surface area (Å²) in [4.78, 5) is 3.78. The SMILES string of the molecule is CC(C)C(C)(C)CNc1ccc(C(F)(F)F)cn1. The number of halogens is 3. The number of hydrogen-bond donors (Lipinski definition) is 1. The summed E-state index contributed by atoms with van der Waals surface area (Å²) in [7, 11) is 0. The van der Waals surface area contributed by atoms with E-state index in [1.54, 1.807) is 0 Å². The minimum absolute atomic E-state index is 0.0599. The van der Waals surface area contributed by atoms with Gasteiger partial charge in [-0.2, -0.15) is 13.2 Å². The van der Waals surface area contributed by atoms with Gasteiger partial charge in [0.1, 0.15) is 5.82 Å². The van der Waals surface area contributed by atoms with Gasteiger partial charge in [0.05, 0.1) is 5.56 Å². The molecule has 0 bridgehead atoms. The van der Waals surface area contributed by atoms with Crippen LogP contribution in [0, 0.1) is 11.3 Å². The summed E-state index contributed by atoms with van der Waals surface area (Å²) in [6.07, 6.45) is -3.48. The fourth-order valence-electron chi connectivity index (χ4n) is 1.19. The zero-order chi connectivity index (χ0) is 14.0. The molecule has 1 N–H and O–H groups in total. The molecular weight excluding hydrogens is 241 g/mol. The van der Waals surface area contributed by atoms with Crippen LogP contribution in [0.2, 0.25) is 0 Å². The van der Waals surface area contributed by atoms with Crippen molar-refractivity contribution >= 4 is 5.82 Å². The molecule has 5 heteroatoms. The Labute approximate surface area is 106 Å². The molecule has 0 saturated carbocycles. The van der Waals surface area contributed by atoms with Gasteiger partial charge in [0.25, 0.3) is 0 Å². The number of rotatable bonds is 4. The van der Waals surface area contributed by atoms with Crippen LogP contribution in [0.5, 0.6) is 0 Å². The largest absolute Gasteiger partial charge is 0.417 e. The Bertz CT molecular complexity index is 380. The lowest BCUT2D eigenvalue weighted by Gasteiger charge is -2.29. The lowest BCUT2D eigenvalue weighted by Crippen LogP contribution is -2.28. The zero-order valence-electron chi connectivity index (χ0n) is 11.1. The van der Waals surface area contributed by atoms with Crippen LogP contribution in [0.1, 0.15) is 33.3 Å². The van der Waals surface area contributed by atoms with Gasteiger partial charge in [-0.25, -0.2) is 4.98 Å². The first-order chi connectivity index (χ1) is 8.13. The van der Waals surface area contributed by atoms with Crippen molar-refractivity contribution in [2.24, 2.45) is 11.3 Å². The number of pyridine rings is 1. The van der Waals surface area contributed by atoms with Gasteiger partial charge in [-0.05, 0) is 23.5 Å². The number of nitrogens with zero attached hydrogens (tertiary/aromatic N) is 1. The van der Waals surface area contributed by atoms with E-state index >= 15 is 0 Å². The zero-order valence-corrected chi connectivity index (χ0v) is 11.1. The van der Waals surface area contributed by atoms with E-state index in [0.717, 1.165) is 12.3 Å². The Balaban J connectivity index is 2.65. The van der Waals surface area contributed by atoms with Gasteiger partial charge in [-0.3, -0.25) is 0 Å². The first kappa shape index (κ1) is 14.8. The summed E-state index contributed by atoms with van der Waals surface area (Å²) in [6, 6.07) is 2.40. The highest BCUT2D eigenvalue weighted by atomic mass is 19.4. The van der Waals surface area contributed by atoms with E-state index in [-0.39, 0.29) is 5.41 Å². The van der Waals surface area contributed by atoms with Crippen molar-refractivity contribution in [3.63, 3.8) is 0 Å². The van der Waals surface area contributed by atoms with Gasteiger partial charge < -0.3 is 5.32 Å². The van der Waals surface area contributed by atoms with Crippen LogP contribution < -0.4 is 5.32 Å². The molecule has 1 aromatic rings. The Morgan fingerprint density at radius 1 is 1.22 bits per heavy atom. The van der Waals surface area contributed by atoms with Crippen LogP contribution in [0.3, 0.4) is 0 Å². The van der Waals surface area contributed by atoms with Crippen molar-refractivity contribution in [1.82, 2.24) is 4.98 Å². The van der Waals surface area contributed by atoms with Crippen molar-refractivity contribution in [3.8, 4) is 0 Å². The second-order valence-electron chi connectivity index (χ2n) is 5.43. The van der Waals surface area contributed by atoms with Gasteiger partial charge in [0, 0.05) is 12.7 Å². The molecule has 18 heavy (non-hydrogen) atoms. The lowest BCUT2D eigenvalue weighted by molar-refractivity contribution is -0.137. The van der Waals surface area contributed by atoms with E-state index in [0.29, 0.717) is 18.3 Å². The third-order valence-corrected chi connectivity index (χ3v) is 3.38. The predicted molar refractivity (Wildman–Crippen MR) is 66.3 cm³/mol. The van der Waals surface area contributed by atoms with E-state index in [2.05, 4.69) is 38.0 Å². The van der Waals surface area contributed by atoms with Gasteiger partial charge in [0.2, 0.25) is 0 Å². The van der Waals surface area contributed by atoms with Crippen molar-refractivity contribution in [2.75, 3.05) is 11.9 Å². The normalized spacial score (nSPS) is 12.9. The van der Waals surface area contributed by atoms with Crippen LogP contribution in [0.15, 0.2) is 18.3 Å². The highest BCUT2D eigenvalue weighted by Gasteiger charge is 2.30. The molecule has 0 amide bonds. The lowest BCUT2D eigenvalue weighted by atomic mass is 9.81. The van der Waals surface area contributed by atoms with Crippen LogP contribution in [-0.2, 0) is 6.18 Å². The smallest absolute Gasteiger partial charge is 0.370 e. The quantitative estimate of drug-likeness (QED) is 0.877. The molecule has 0 radical (unpaired) electrons. The Hall–Kier alpha value is -1.26. The summed E-state index contributed by atoms with van der Waals surface area (Å²) in [5.74, 6) is 0.941. The van der Waals surface area contributed by atoms with Crippen molar-refractivity contribution in [1.29, 1.82) is 0 Å². The molecule has 2 nitrogen and oxygen atoms in total. The van der Waals surface area contributed by atoms with E-state index in [1.165, 1.54) is 6.07 Å². The van der Waals surface area contributed by atoms with Crippen molar-refractivity contribution < 1.29 is 13.2 Å². The summed E-state index contributed by atoms with van der Waals surface area (Å²) in [6.45, 7) is 9.11. The molecule has 1 aromatic heterocycles. The molecule has 0 spiro atoms. The summed E-state index contributed by atoms with van der Waals surface area (Å²) in [5, 5.41) is 3.07. The van der Waals surface area contributed by atoms with E-state index < -0.39 is 11.7 Å². The summed E-state index contributed by atoms with van der Waals surface area (Å²) < 4.78 is 37.0. The van der Waals surface area contributed by atoms with Gasteiger partial charge in [0.15, 0.2) is 0 Å².